The van der Waals surface area contributed by atoms with Gasteiger partial charge in [-0.25, -0.2) is 0 Å². The predicted molar refractivity (Wildman–Crippen MR) is 107 cm³/mol. The summed E-state index contributed by atoms with van der Waals surface area (Å²) in [5, 5.41) is 6.42. The molecule has 0 atom stereocenters. The highest BCUT2D eigenvalue weighted by Crippen LogP contribution is 2.29. The van der Waals surface area contributed by atoms with Gasteiger partial charge in [0.2, 0.25) is 0 Å². The lowest BCUT2D eigenvalue weighted by Gasteiger charge is -2.14. The van der Waals surface area contributed by atoms with Gasteiger partial charge < -0.3 is 20.1 Å². The molecule has 0 aliphatic rings. The molecule has 0 spiro atoms. The highest BCUT2D eigenvalue weighted by atomic mass is 127. The van der Waals surface area contributed by atoms with Crippen LogP contribution in [0.4, 0.5) is 8.78 Å². The van der Waals surface area contributed by atoms with Gasteiger partial charge in [0.05, 0.1) is 6.61 Å². The first-order chi connectivity index (χ1) is 11.6. The third kappa shape index (κ3) is 9.66. The van der Waals surface area contributed by atoms with Crippen molar-refractivity contribution in [3.63, 3.8) is 0 Å². The molecule has 2 N–H and O–H groups in total. The van der Waals surface area contributed by atoms with E-state index in [0.29, 0.717) is 24.9 Å². The average molecular weight is 471 g/mol. The largest absolute Gasteiger partial charge is 0.490 e. The molecule has 0 aromatic heterocycles. The van der Waals surface area contributed by atoms with Crippen LogP contribution in [0.1, 0.15) is 38.7 Å². The molecule has 5 nitrogen and oxygen atoms in total. The van der Waals surface area contributed by atoms with Crippen LogP contribution in [0.3, 0.4) is 0 Å². The van der Waals surface area contributed by atoms with Crippen LogP contribution < -0.4 is 20.1 Å². The number of halogens is 3. The van der Waals surface area contributed by atoms with E-state index in [0.717, 1.165) is 18.5 Å². The Bertz CT molecular complexity index is 517. The standard InChI is InChI=1S/C17H27F2N3O2.HI/c1-4-6-7-10-21-17(20-3)22-12-13-8-9-14(24-16(18)19)15(11-13)23-5-2;/h8-9,11,16H,4-7,10,12H2,1-3H3,(H2,20,21,22);1H. The van der Waals surface area contributed by atoms with Crippen LogP contribution in [0.5, 0.6) is 11.5 Å². The molecule has 0 heterocycles. The summed E-state index contributed by atoms with van der Waals surface area (Å²) in [6, 6.07) is 4.90. The van der Waals surface area contributed by atoms with Gasteiger partial charge in [-0.3, -0.25) is 4.99 Å². The van der Waals surface area contributed by atoms with Crippen molar-refractivity contribution in [2.75, 3.05) is 20.2 Å². The summed E-state index contributed by atoms with van der Waals surface area (Å²) in [5.41, 5.74) is 0.886. The normalized spacial score (nSPS) is 11.0. The van der Waals surface area contributed by atoms with Gasteiger partial charge in [0.1, 0.15) is 0 Å². The zero-order valence-corrected chi connectivity index (χ0v) is 17.3. The topological polar surface area (TPSA) is 54.9 Å². The molecule has 1 aromatic rings. The molecule has 0 bridgehead atoms. The Kier molecular flexibility index (Phi) is 13.2. The zero-order chi connectivity index (χ0) is 17.8. The molecule has 0 saturated heterocycles. The van der Waals surface area contributed by atoms with Crippen molar-refractivity contribution in [1.29, 1.82) is 0 Å². The van der Waals surface area contributed by atoms with Crippen molar-refractivity contribution in [3.05, 3.63) is 23.8 Å². The van der Waals surface area contributed by atoms with Gasteiger partial charge in [-0.15, -0.1) is 24.0 Å². The highest BCUT2D eigenvalue weighted by molar-refractivity contribution is 14.0. The Hall–Kier alpha value is -1.32. The minimum Gasteiger partial charge on any atom is -0.490 e. The molecule has 25 heavy (non-hydrogen) atoms. The van der Waals surface area contributed by atoms with Crippen LogP contribution in [0, 0.1) is 0 Å². The van der Waals surface area contributed by atoms with Crippen LogP contribution in [0.2, 0.25) is 0 Å². The van der Waals surface area contributed by atoms with Crippen molar-refractivity contribution in [2.24, 2.45) is 4.99 Å². The minimum absolute atomic E-state index is 0. The Morgan fingerprint density at radius 2 is 1.92 bits per heavy atom. The van der Waals surface area contributed by atoms with Crippen LogP contribution in [-0.4, -0.2) is 32.8 Å². The first-order valence-electron chi connectivity index (χ1n) is 8.25. The summed E-state index contributed by atoms with van der Waals surface area (Å²) in [6.45, 7) is 2.81. The first-order valence-corrected chi connectivity index (χ1v) is 8.25. The number of ether oxygens (including phenoxy) is 2. The van der Waals surface area contributed by atoms with E-state index < -0.39 is 6.61 Å². The quantitative estimate of drug-likeness (QED) is 0.233. The van der Waals surface area contributed by atoms with E-state index in [1.165, 1.54) is 18.9 Å². The number of nitrogens with zero attached hydrogens (tertiary/aromatic N) is 1. The Labute approximate surface area is 165 Å². The van der Waals surface area contributed by atoms with E-state index >= 15 is 0 Å². The predicted octanol–water partition coefficient (Wildman–Crippen LogP) is 4.16. The third-order valence-corrected chi connectivity index (χ3v) is 3.28. The van der Waals surface area contributed by atoms with E-state index in [2.05, 4.69) is 27.3 Å². The fraction of sp³-hybridized carbons (Fsp3) is 0.588. The molecule has 8 heteroatoms. The molecule has 144 valence electrons. The summed E-state index contributed by atoms with van der Waals surface area (Å²) in [5.74, 6) is 1.05. The SMILES string of the molecule is CCCCCNC(=NC)NCc1ccc(OC(F)F)c(OCC)c1.I. The summed E-state index contributed by atoms with van der Waals surface area (Å²) in [4.78, 5) is 4.16. The molecule has 0 aliphatic carbocycles. The summed E-state index contributed by atoms with van der Waals surface area (Å²) in [6.07, 6.45) is 3.43. The molecule has 0 unspecified atom stereocenters. The Morgan fingerprint density at radius 3 is 2.52 bits per heavy atom. The third-order valence-electron chi connectivity index (χ3n) is 3.28. The van der Waals surface area contributed by atoms with Crippen LogP contribution in [0.15, 0.2) is 23.2 Å². The number of nitrogens with one attached hydrogen (secondary N) is 2. The molecular formula is C17H28F2IN3O2. The molecule has 0 amide bonds. The van der Waals surface area contributed by atoms with E-state index in [4.69, 9.17) is 4.74 Å². The highest BCUT2D eigenvalue weighted by Gasteiger charge is 2.11. The summed E-state index contributed by atoms with van der Waals surface area (Å²) >= 11 is 0. The number of alkyl halides is 2. The fourth-order valence-corrected chi connectivity index (χ4v) is 2.11. The van der Waals surface area contributed by atoms with E-state index in [1.54, 1.807) is 26.1 Å². The molecule has 0 saturated carbocycles. The van der Waals surface area contributed by atoms with Crippen molar-refractivity contribution in [3.8, 4) is 11.5 Å². The number of aliphatic imine (C=N–C) groups is 1. The van der Waals surface area contributed by atoms with Crippen LogP contribution in [0.25, 0.3) is 0 Å². The van der Waals surface area contributed by atoms with Crippen molar-refractivity contribution in [2.45, 2.75) is 46.3 Å². The zero-order valence-electron chi connectivity index (χ0n) is 15.0. The molecule has 0 aliphatic heterocycles. The second-order valence-corrected chi connectivity index (χ2v) is 5.15. The maximum atomic E-state index is 12.4. The molecule has 1 rings (SSSR count). The summed E-state index contributed by atoms with van der Waals surface area (Å²) in [7, 11) is 1.71. The van der Waals surface area contributed by atoms with Crippen LogP contribution in [-0.2, 0) is 6.54 Å². The van der Waals surface area contributed by atoms with Crippen LogP contribution >= 0.6 is 24.0 Å². The molecular weight excluding hydrogens is 443 g/mol. The summed E-state index contributed by atoms with van der Waals surface area (Å²) < 4.78 is 34.6. The van der Waals surface area contributed by atoms with Crippen molar-refractivity contribution >= 4 is 29.9 Å². The molecule has 1 aromatic carbocycles. The van der Waals surface area contributed by atoms with E-state index in [9.17, 15) is 8.78 Å². The van der Waals surface area contributed by atoms with Gasteiger partial charge in [-0.2, -0.15) is 8.78 Å². The second kappa shape index (κ2) is 13.9. The number of unbranched alkanes of at least 4 members (excludes halogenated alkanes) is 2. The minimum atomic E-state index is -2.88. The number of hydrogen-bond acceptors (Lipinski definition) is 3. The van der Waals surface area contributed by atoms with E-state index in [-0.39, 0.29) is 29.7 Å². The van der Waals surface area contributed by atoms with E-state index in [1.807, 2.05) is 0 Å². The molecule has 0 radical (unpaired) electrons. The maximum Gasteiger partial charge on any atom is 0.387 e. The number of benzene rings is 1. The first kappa shape index (κ1) is 23.7. The Balaban J connectivity index is 0.00000576. The maximum absolute atomic E-state index is 12.4. The number of hydrogen-bond donors (Lipinski definition) is 2. The number of rotatable bonds is 10. The number of guanidine groups is 1. The van der Waals surface area contributed by atoms with Gasteiger partial charge in [0.15, 0.2) is 17.5 Å². The van der Waals surface area contributed by atoms with Gasteiger partial charge in [-0.05, 0) is 31.0 Å². The monoisotopic (exact) mass is 471 g/mol. The van der Waals surface area contributed by atoms with Crippen molar-refractivity contribution in [1.82, 2.24) is 10.6 Å². The fourth-order valence-electron chi connectivity index (χ4n) is 2.11. The van der Waals surface area contributed by atoms with Gasteiger partial charge >= 0.3 is 6.61 Å². The smallest absolute Gasteiger partial charge is 0.387 e. The lowest BCUT2D eigenvalue weighted by molar-refractivity contribution is -0.0514. The second-order valence-electron chi connectivity index (χ2n) is 5.15. The van der Waals surface area contributed by atoms with Gasteiger partial charge in [0.25, 0.3) is 0 Å². The Morgan fingerprint density at radius 1 is 1.16 bits per heavy atom. The van der Waals surface area contributed by atoms with Gasteiger partial charge in [-0.1, -0.05) is 25.8 Å². The average Bonchev–Trinajstić information content (AvgIpc) is 2.56. The van der Waals surface area contributed by atoms with Gasteiger partial charge in [0, 0.05) is 20.1 Å². The lowest BCUT2D eigenvalue weighted by Crippen LogP contribution is -2.37. The molecule has 0 fully saturated rings. The van der Waals surface area contributed by atoms with Crippen molar-refractivity contribution < 1.29 is 18.3 Å². The lowest BCUT2D eigenvalue weighted by atomic mass is 10.2.